The van der Waals surface area contributed by atoms with E-state index in [0.717, 1.165) is 16.7 Å². The van der Waals surface area contributed by atoms with Gasteiger partial charge in [0.25, 0.3) is 5.56 Å². The lowest BCUT2D eigenvalue weighted by Crippen LogP contribution is -2.26. The number of benzene rings is 2. The second-order valence-corrected chi connectivity index (χ2v) is 7.67. The maximum atomic E-state index is 13.4. The highest BCUT2D eigenvalue weighted by Gasteiger charge is 2.18. The number of nitrogens with zero attached hydrogens (tertiary/aromatic N) is 2. The molecule has 0 atom stereocenters. The predicted molar refractivity (Wildman–Crippen MR) is 113 cm³/mol. The molecule has 2 heterocycles. The number of halogens is 1. The number of hydrogen-bond donors (Lipinski definition) is 1. The number of aryl methyl sites for hydroxylation is 1. The Hall–Kier alpha value is -3.32. The third kappa shape index (κ3) is 3.69. The predicted octanol–water partition coefficient (Wildman–Crippen LogP) is 4.11. The van der Waals surface area contributed by atoms with E-state index in [0.29, 0.717) is 21.6 Å². The number of amides is 1. The van der Waals surface area contributed by atoms with Gasteiger partial charge in [0.2, 0.25) is 5.91 Å². The van der Waals surface area contributed by atoms with Crippen molar-refractivity contribution in [2.75, 3.05) is 0 Å². The molecular formula is C22H18FN3O2S. The van der Waals surface area contributed by atoms with Crippen molar-refractivity contribution in [3.8, 4) is 22.5 Å². The minimum atomic E-state index is -0.490. The summed E-state index contributed by atoms with van der Waals surface area (Å²) >= 11 is 1.36. The summed E-state index contributed by atoms with van der Waals surface area (Å²) in [7, 11) is 0. The van der Waals surface area contributed by atoms with Gasteiger partial charge >= 0.3 is 0 Å². The van der Waals surface area contributed by atoms with Gasteiger partial charge in [-0.15, -0.1) is 11.3 Å². The minimum absolute atomic E-state index is 0.0297. The van der Waals surface area contributed by atoms with E-state index in [1.807, 2.05) is 36.6 Å². The number of aromatic nitrogens is 2. The van der Waals surface area contributed by atoms with E-state index in [4.69, 9.17) is 10.7 Å². The van der Waals surface area contributed by atoms with Crippen LogP contribution >= 0.6 is 11.3 Å². The van der Waals surface area contributed by atoms with Gasteiger partial charge in [0.15, 0.2) is 0 Å². The van der Waals surface area contributed by atoms with Gasteiger partial charge in [-0.2, -0.15) is 0 Å². The number of thiophene rings is 1. The molecule has 2 aromatic carbocycles. The van der Waals surface area contributed by atoms with Crippen LogP contribution in [0.2, 0.25) is 0 Å². The molecule has 0 fully saturated rings. The number of primary amides is 1. The fourth-order valence-electron chi connectivity index (χ4n) is 3.22. The Morgan fingerprint density at radius 1 is 1.10 bits per heavy atom. The third-order valence-electron chi connectivity index (χ3n) is 4.74. The standard InChI is InChI=1S/C22H18FN3O2S/c1-13-2-4-15(5-3-13)20-25-21-19(22(28)26(20)11-10-18(24)27)17(12-29-21)14-6-8-16(23)9-7-14/h2-9,12H,10-11H2,1H3,(H2,24,27). The lowest BCUT2D eigenvalue weighted by molar-refractivity contribution is -0.118. The monoisotopic (exact) mass is 407 g/mol. The van der Waals surface area contributed by atoms with Crippen molar-refractivity contribution in [2.24, 2.45) is 5.73 Å². The highest BCUT2D eigenvalue weighted by molar-refractivity contribution is 7.17. The van der Waals surface area contributed by atoms with E-state index in [2.05, 4.69) is 0 Å². The summed E-state index contributed by atoms with van der Waals surface area (Å²) in [4.78, 5) is 30.1. The normalized spacial score (nSPS) is 11.1. The molecule has 0 aliphatic heterocycles. The first-order chi connectivity index (χ1) is 13.9. The van der Waals surface area contributed by atoms with Gasteiger partial charge in [0, 0.05) is 29.5 Å². The highest BCUT2D eigenvalue weighted by Crippen LogP contribution is 2.32. The number of nitrogens with two attached hydrogens (primary N) is 1. The van der Waals surface area contributed by atoms with E-state index >= 15 is 0 Å². The van der Waals surface area contributed by atoms with Crippen molar-refractivity contribution in [2.45, 2.75) is 19.9 Å². The quantitative estimate of drug-likeness (QED) is 0.541. The molecule has 146 valence electrons. The highest BCUT2D eigenvalue weighted by atomic mass is 32.1. The Balaban J connectivity index is 1.95. The Bertz CT molecular complexity index is 1260. The Morgan fingerprint density at radius 2 is 1.76 bits per heavy atom. The molecule has 0 saturated heterocycles. The molecule has 7 heteroatoms. The van der Waals surface area contributed by atoms with Crippen molar-refractivity contribution in [3.05, 3.63) is 75.6 Å². The summed E-state index contributed by atoms with van der Waals surface area (Å²) in [5.41, 5.74) is 8.39. The molecule has 1 amide bonds. The first-order valence-electron chi connectivity index (χ1n) is 9.07. The average molecular weight is 407 g/mol. The summed E-state index contributed by atoms with van der Waals surface area (Å²) in [6, 6.07) is 13.7. The molecule has 0 aliphatic carbocycles. The number of rotatable bonds is 5. The van der Waals surface area contributed by atoms with Crippen LogP contribution in [0.25, 0.3) is 32.7 Å². The van der Waals surface area contributed by atoms with Gasteiger partial charge in [-0.1, -0.05) is 42.0 Å². The first kappa shape index (κ1) is 19.0. The van der Waals surface area contributed by atoms with Gasteiger partial charge in [-0.25, -0.2) is 9.37 Å². The second kappa shape index (κ2) is 7.60. The lowest BCUT2D eigenvalue weighted by Gasteiger charge is -2.13. The largest absolute Gasteiger partial charge is 0.370 e. The SMILES string of the molecule is Cc1ccc(-c2nc3scc(-c4ccc(F)cc4)c3c(=O)n2CCC(N)=O)cc1. The van der Waals surface area contributed by atoms with Gasteiger partial charge in [0.05, 0.1) is 5.39 Å². The fourth-order valence-corrected chi connectivity index (χ4v) is 4.16. The maximum Gasteiger partial charge on any atom is 0.263 e. The van der Waals surface area contributed by atoms with Crippen molar-refractivity contribution >= 4 is 27.5 Å². The van der Waals surface area contributed by atoms with E-state index in [1.54, 1.807) is 12.1 Å². The zero-order valence-electron chi connectivity index (χ0n) is 15.7. The van der Waals surface area contributed by atoms with E-state index < -0.39 is 5.91 Å². The van der Waals surface area contributed by atoms with Crippen LogP contribution in [-0.4, -0.2) is 15.5 Å². The molecule has 0 aliphatic rings. The Labute approximate surface area is 170 Å². The second-order valence-electron chi connectivity index (χ2n) is 6.81. The number of carbonyl (C=O) groups excluding carboxylic acids is 1. The van der Waals surface area contributed by atoms with Crippen molar-refractivity contribution in [1.29, 1.82) is 0 Å². The zero-order chi connectivity index (χ0) is 20.5. The average Bonchev–Trinajstić information content (AvgIpc) is 3.12. The molecule has 0 radical (unpaired) electrons. The summed E-state index contributed by atoms with van der Waals surface area (Å²) in [6.07, 6.45) is 0.0297. The van der Waals surface area contributed by atoms with Crippen LogP contribution in [0.4, 0.5) is 4.39 Å². The molecule has 4 aromatic rings. The first-order valence-corrected chi connectivity index (χ1v) is 9.95. The van der Waals surface area contributed by atoms with E-state index in [9.17, 15) is 14.0 Å². The van der Waals surface area contributed by atoms with E-state index in [1.165, 1.54) is 28.0 Å². The molecule has 4 rings (SSSR count). The van der Waals surface area contributed by atoms with Crippen LogP contribution in [0.5, 0.6) is 0 Å². The van der Waals surface area contributed by atoms with Gasteiger partial charge in [-0.3, -0.25) is 14.2 Å². The van der Waals surface area contributed by atoms with Crippen LogP contribution in [-0.2, 0) is 11.3 Å². The van der Waals surface area contributed by atoms with E-state index in [-0.39, 0.29) is 24.3 Å². The van der Waals surface area contributed by atoms with Gasteiger partial charge in [-0.05, 0) is 24.6 Å². The summed E-state index contributed by atoms with van der Waals surface area (Å²) in [6.45, 7) is 2.12. The Morgan fingerprint density at radius 3 is 2.41 bits per heavy atom. The zero-order valence-corrected chi connectivity index (χ0v) is 16.5. The van der Waals surface area contributed by atoms with Crippen molar-refractivity contribution in [3.63, 3.8) is 0 Å². The molecule has 0 unspecified atom stereocenters. The van der Waals surface area contributed by atoms with Gasteiger partial charge < -0.3 is 5.73 Å². The van der Waals surface area contributed by atoms with Gasteiger partial charge in [0.1, 0.15) is 16.5 Å². The summed E-state index contributed by atoms with van der Waals surface area (Å²) < 4.78 is 14.8. The van der Waals surface area contributed by atoms with Crippen LogP contribution in [0.15, 0.2) is 58.7 Å². The number of hydrogen-bond acceptors (Lipinski definition) is 4. The topological polar surface area (TPSA) is 78.0 Å². The molecule has 29 heavy (non-hydrogen) atoms. The molecular weight excluding hydrogens is 389 g/mol. The molecule has 5 nitrogen and oxygen atoms in total. The maximum absolute atomic E-state index is 13.4. The molecule has 0 saturated carbocycles. The smallest absolute Gasteiger partial charge is 0.263 e. The summed E-state index contributed by atoms with van der Waals surface area (Å²) in [5, 5.41) is 2.31. The molecule has 2 N–H and O–H groups in total. The summed E-state index contributed by atoms with van der Waals surface area (Å²) in [5.74, 6) is -0.334. The van der Waals surface area contributed by atoms with Crippen LogP contribution in [0.3, 0.4) is 0 Å². The fraction of sp³-hybridized carbons (Fsp3) is 0.136. The van der Waals surface area contributed by atoms with Crippen LogP contribution in [0.1, 0.15) is 12.0 Å². The molecule has 0 bridgehead atoms. The van der Waals surface area contributed by atoms with Crippen molar-refractivity contribution < 1.29 is 9.18 Å². The lowest BCUT2D eigenvalue weighted by atomic mass is 10.1. The van der Waals surface area contributed by atoms with Crippen LogP contribution < -0.4 is 11.3 Å². The molecule has 2 aromatic heterocycles. The Kier molecular flexibility index (Phi) is 4.98. The number of carbonyl (C=O) groups is 1. The third-order valence-corrected chi connectivity index (χ3v) is 5.61. The van der Waals surface area contributed by atoms with Crippen molar-refractivity contribution in [1.82, 2.24) is 9.55 Å². The number of fused-ring (bicyclic) bond motifs is 1. The van der Waals surface area contributed by atoms with Crippen LogP contribution in [0, 0.1) is 12.7 Å². The minimum Gasteiger partial charge on any atom is -0.370 e. The molecule has 0 spiro atoms.